The molecule has 19 heavy (non-hydrogen) atoms. The lowest BCUT2D eigenvalue weighted by molar-refractivity contribution is 0.254. The van der Waals surface area contributed by atoms with Gasteiger partial charge in [-0.25, -0.2) is 0 Å². The van der Waals surface area contributed by atoms with Crippen LogP contribution in [0.5, 0.6) is 5.75 Å². The summed E-state index contributed by atoms with van der Waals surface area (Å²) < 4.78 is 11.1. The van der Waals surface area contributed by atoms with E-state index in [1.807, 2.05) is 18.2 Å². The number of benzene rings is 1. The Bertz CT molecular complexity index is 535. The van der Waals surface area contributed by atoms with Gasteiger partial charge in [0.2, 0.25) is 5.89 Å². The number of rotatable bonds is 5. The Kier molecular flexibility index (Phi) is 4.16. The summed E-state index contributed by atoms with van der Waals surface area (Å²) in [6.45, 7) is 6.31. The van der Waals surface area contributed by atoms with Crippen molar-refractivity contribution in [2.45, 2.75) is 39.3 Å². The standard InChI is InChI=1S/C14H19N3O2/c1-9(2)11-6-4-5-7-12(11)18-8-13-16-17-14(19-13)10(3)15/h4-7,9-10H,8,15H2,1-3H3. The number of hydrogen-bond acceptors (Lipinski definition) is 5. The Labute approximate surface area is 112 Å². The third kappa shape index (κ3) is 3.32. The van der Waals surface area contributed by atoms with Gasteiger partial charge in [0.25, 0.3) is 5.89 Å². The minimum Gasteiger partial charge on any atom is -0.484 e. The predicted octanol–water partition coefficient (Wildman–Crippen LogP) is 2.79. The molecule has 1 atom stereocenters. The van der Waals surface area contributed by atoms with E-state index in [0.29, 0.717) is 17.7 Å². The molecule has 5 heteroatoms. The van der Waals surface area contributed by atoms with Gasteiger partial charge < -0.3 is 14.9 Å². The summed E-state index contributed by atoms with van der Waals surface area (Å²) in [5.74, 6) is 2.11. The molecule has 0 amide bonds. The molecule has 1 aromatic carbocycles. The van der Waals surface area contributed by atoms with Crippen LogP contribution in [0.15, 0.2) is 28.7 Å². The molecular weight excluding hydrogens is 242 g/mol. The number of ether oxygens (including phenoxy) is 1. The summed E-state index contributed by atoms with van der Waals surface area (Å²) in [5, 5.41) is 7.77. The van der Waals surface area contributed by atoms with Crippen LogP contribution in [-0.4, -0.2) is 10.2 Å². The zero-order chi connectivity index (χ0) is 13.8. The van der Waals surface area contributed by atoms with Crippen LogP contribution >= 0.6 is 0 Å². The molecule has 0 spiro atoms. The molecule has 0 aliphatic heterocycles. The van der Waals surface area contributed by atoms with Gasteiger partial charge in [0.1, 0.15) is 5.75 Å². The van der Waals surface area contributed by atoms with E-state index in [-0.39, 0.29) is 12.6 Å². The van der Waals surface area contributed by atoms with E-state index in [9.17, 15) is 0 Å². The lowest BCUT2D eigenvalue weighted by atomic mass is 10.0. The summed E-state index contributed by atoms with van der Waals surface area (Å²) in [4.78, 5) is 0. The number of nitrogens with zero attached hydrogens (tertiary/aromatic N) is 2. The number of nitrogens with two attached hydrogens (primary N) is 1. The Morgan fingerprint density at radius 2 is 1.95 bits per heavy atom. The number of hydrogen-bond donors (Lipinski definition) is 1. The zero-order valence-electron chi connectivity index (χ0n) is 11.5. The molecule has 0 fully saturated rings. The van der Waals surface area contributed by atoms with Gasteiger partial charge >= 0.3 is 0 Å². The van der Waals surface area contributed by atoms with E-state index in [1.54, 1.807) is 6.92 Å². The van der Waals surface area contributed by atoms with Crippen LogP contribution in [0.1, 0.15) is 50.1 Å². The van der Waals surface area contributed by atoms with Gasteiger partial charge in [0.15, 0.2) is 6.61 Å². The average Bonchev–Trinajstić information content (AvgIpc) is 2.85. The van der Waals surface area contributed by atoms with Crippen molar-refractivity contribution < 1.29 is 9.15 Å². The molecule has 0 radical (unpaired) electrons. The topological polar surface area (TPSA) is 74.2 Å². The molecule has 2 rings (SSSR count). The fraction of sp³-hybridized carbons (Fsp3) is 0.429. The van der Waals surface area contributed by atoms with E-state index in [0.717, 1.165) is 11.3 Å². The van der Waals surface area contributed by atoms with Gasteiger partial charge in [-0.3, -0.25) is 0 Å². The summed E-state index contributed by atoms with van der Waals surface area (Å²) in [6.07, 6.45) is 0. The van der Waals surface area contributed by atoms with Gasteiger partial charge in [0.05, 0.1) is 6.04 Å². The van der Waals surface area contributed by atoms with Crippen molar-refractivity contribution in [2.75, 3.05) is 0 Å². The number of para-hydroxylation sites is 1. The minimum atomic E-state index is -0.260. The molecule has 2 aromatic rings. The van der Waals surface area contributed by atoms with Crippen molar-refractivity contribution in [3.8, 4) is 5.75 Å². The molecular formula is C14H19N3O2. The maximum absolute atomic E-state index is 5.74. The Balaban J connectivity index is 2.06. The largest absolute Gasteiger partial charge is 0.484 e. The average molecular weight is 261 g/mol. The second kappa shape index (κ2) is 5.84. The summed E-state index contributed by atoms with van der Waals surface area (Å²) in [5.41, 5.74) is 6.82. The molecule has 1 aromatic heterocycles. The van der Waals surface area contributed by atoms with Crippen molar-refractivity contribution in [3.05, 3.63) is 41.6 Å². The van der Waals surface area contributed by atoms with Crippen molar-refractivity contribution in [1.82, 2.24) is 10.2 Å². The van der Waals surface area contributed by atoms with Crippen LogP contribution in [0.2, 0.25) is 0 Å². The highest BCUT2D eigenvalue weighted by atomic mass is 16.5. The normalized spacial score (nSPS) is 12.7. The smallest absolute Gasteiger partial charge is 0.253 e. The Morgan fingerprint density at radius 3 is 2.58 bits per heavy atom. The highest BCUT2D eigenvalue weighted by Gasteiger charge is 2.12. The SMILES string of the molecule is CC(C)c1ccccc1OCc1nnc(C(C)N)o1. The van der Waals surface area contributed by atoms with Crippen molar-refractivity contribution >= 4 is 0 Å². The first-order valence-corrected chi connectivity index (χ1v) is 6.37. The summed E-state index contributed by atoms with van der Waals surface area (Å²) >= 11 is 0. The van der Waals surface area contributed by atoms with Crippen LogP contribution in [0.25, 0.3) is 0 Å². The van der Waals surface area contributed by atoms with Crippen LogP contribution in [0.4, 0.5) is 0 Å². The third-order valence-corrected chi connectivity index (χ3v) is 2.76. The lowest BCUT2D eigenvalue weighted by Crippen LogP contribution is -2.04. The second-order valence-electron chi connectivity index (χ2n) is 4.80. The monoisotopic (exact) mass is 261 g/mol. The van der Waals surface area contributed by atoms with Crippen molar-refractivity contribution in [3.63, 3.8) is 0 Å². The Hall–Kier alpha value is -1.88. The first-order chi connectivity index (χ1) is 9.08. The summed E-state index contributed by atoms with van der Waals surface area (Å²) in [7, 11) is 0. The van der Waals surface area contributed by atoms with Gasteiger partial charge in [-0.2, -0.15) is 0 Å². The maximum atomic E-state index is 5.74. The molecule has 102 valence electrons. The fourth-order valence-corrected chi connectivity index (χ4v) is 1.74. The van der Waals surface area contributed by atoms with Crippen LogP contribution in [0, 0.1) is 0 Å². The molecule has 0 saturated carbocycles. The fourth-order valence-electron chi connectivity index (χ4n) is 1.74. The second-order valence-corrected chi connectivity index (χ2v) is 4.80. The quantitative estimate of drug-likeness (QED) is 0.895. The van der Waals surface area contributed by atoms with Gasteiger partial charge in [-0.05, 0) is 24.5 Å². The molecule has 0 saturated heterocycles. The Morgan fingerprint density at radius 1 is 1.21 bits per heavy atom. The number of aromatic nitrogens is 2. The van der Waals surface area contributed by atoms with Crippen LogP contribution in [0.3, 0.4) is 0 Å². The molecule has 1 heterocycles. The minimum absolute atomic E-state index is 0.253. The van der Waals surface area contributed by atoms with Crippen LogP contribution in [-0.2, 0) is 6.61 Å². The molecule has 5 nitrogen and oxygen atoms in total. The van der Waals surface area contributed by atoms with E-state index < -0.39 is 0 Å². The van der Waals surface area contributed by atoms with Crippen molar-refractivity contribution in [1.29, 1.82) is 0 Å². The predicted molar refractivity (Wildman–Crippen MR) is 71.8 cm³/mol. The lowest BCUT2D eigenvalue weighted by Gasteiger charge is -2.12. The molecule has 0 bridgehead atoms. The molecule has 0 aliphatic carbocycles. The van der Waals surface area contributed by atoms with E-state index in [1.165, 1.54) is 0 Å². The van der Waals surface area contributed by atoms with Crippen molar-refractivity contribution in [2.24, 2.45) is 5.73 Å². The van der Waals surface area contributed by atoms with Gasteiger partial charge in [0, 0.05) is 0 Å². The van der Waals surface area contributed by atoms with E-state index in [4.69, 9.17) is 14.9 Å². The third-order valence-electron chi connectivity index (χ3n) is 2.76. The molecule has 1 unspecified atom stereocenters. The van der Waals surface area contributed by atoms with Crippen LogP contribution < -0.4 is 10.5 Å². The van der Waals surface area contributed by atoms with E-state index in [2.05, 4.69) is 30.1 Å². The highest BCUT2D eigenvalue weighted by Crippen LogP contribution is 2.26. The molecule has 0 aliphatic rings. The first-order valence-electron chi connectivity index (χ1n) is 6.37. The zero-order valence-corrected chi connectivity index (χ0v) is 11.5. The maximum Gasteiger partial charge on any atom is 0.253 e. The molecule has 2 N–H and O–H groups in total. The van der Waals surface area contributed by atoms with Gasteiger partial charge in [-0.15, -0.1) is 10.2 Å². The summed E-state index contributed by atoms with van der Waals surface area (Å²) in [6, 6.07) is 7.69. The first kappa shape index (κ1) is 13.5. The van der Waals surface area contributed by atoms with Gasteiger partial charge in [-0.1, -0.05) is 32.0 Å². The van der Waals surface area contributed by atoms with E-state index >= 15 is 0 Å². The highest BCUT2D eigenvalue weighted by molar-refractivity contribution is 5.35.